The summed E-state index contributed by atoms with van der Waals surface area (Å²) in [4.78, 5) is 12.7. The summed E-state index contributed by atoms with van der Waals surface area (Å²) in [6.07, 6.45) is 2.18. The van der Waals surface area contributed by atoms with Gasteiger partial charge in [-0.25, -0.2) is 0 Å². The molecule has 1 aliphatic heterocycles. The van der Waals surface area contributed by atoms with E-state index in [-0.39, 0.29) is 22.5 Å². The largest absolute Gasteiger partial charge is 0.494 e. The first-order valence-corrected chi connectivity index (χ1v) is 10.0. The lowest BCUT2D eigenvalue weighted by Gasteiger charge is -2.43. The molecule has 0 saturated heterocycles. The monoisotopic (exact) mass is 435 g/mol. The zero-order valence-corrected chi connectivity index (χ0v) is 19.0. The molecule has 3 rings (SSSR count). The van der Waals surface area contributed by atoms with Crippen molar-refractivity contribution in [1.82, 2.24) is 0 Å². The lowest BCUT2D eigenvalue weighted by Crippen LogP contribution is -2.45. The maximum atomic E-state index is 11.0. The zero-order chi connectivity index (χ0) is 23.6. The summed E-state index contributed by atoms with van der Waals surface area (Å²) in [6.45, 7) is 9.19. The third-order valence-corrected chi connectivity index (χ3v) is 5.46. The minimum Gasteiger partial charge on any atom is -0.494 e. The number of nitriles is 1. The van der Waals surface area contributed by atoms with Gasteiger partial charge in [-0.15, -0.1) is 10.2 Å². The predicted octanol–water partition coefficient (Wildman–Crippen LogP) is 5.92. The van der Waals surface area contributed by atoms with Gasteiger partial charge in [-0.3, -0.25) is 10.1 Å². The molecule has 0 unspecified atom stereocenters. The number of fused-ring (bicyclic) bond motifs is 1. The van der Waals surface area contributed by atoms with E-state index in [0.717, 1.165) is 23.4 Å². The van der Waals surface area contributed by atoms with Crippen LogP contribution in [0.25, 0.3) is 5.57 Å². The van der Waals surface area contributed by atoms with Crippen LogP contribution in [0.4, 0.5) is 22.7 Å². The summed E-state index contributed by atoms with van der Waals surface area (Å²) in [5.41, 5.74) is 3.17. The molecule has 0 radical (unpaired) electrons. The highest BCUT2D eigenvalue weighted by molar-refractivity contribution is 5.90. The second-order valence-electron chi connectivity index (χ2n) is 7.85. The van der Waals surface area contributed by atoms with E-state index in [1.807, 2.05) is 19.1 Å². The van der Waals surface area contributed by atoms with Gasteiger partial charge < -0.3 is 14.4 Å². The van der Waals surface area contributed by atoms with E-state index in [4.69, 9.17) is 9.47 Å². The molecule has 0 aliphatic carbocycles. The number of azo groups is 1. The van der Waals surface area contributed by atoms with Gasteiger partial charge in [0.05, 0.1) is 35.9 Å². The Morgan fingerprint density at radius 2 is 1.94 bits per heavy atom. The van der Waals surface area contributed by atoms with Crippen LogP contribution in [0, 0.1) is 21.4 Å². The quantitative estimate of drug-likeness (QED) is 0.316. The molecule has 9 heteroatoms. The molecule has 0 amide bonds. The number of rotatable bonds is 6. The van der Waals surface area contributed by atoms with Crippen molar-refractivity contribution in [3.8, 4) is 17.6 Å². The van der Waals surface area contributed by atoms with Crippen LogP contribution in [-0.4, -0.2) is 31.2 Å². The number of likely N-dealkylation sites (N-methyl/N-ethyl adjacent to an activating group) is 1. The normalized spacial score (nSPS) is 14.5. The molecular formula is C23H25N5O4. The average molecular weight is 435 g/mol. The van der Waals surface area contributed by atoms with Crippen molar-refractivity contribution in [3.63, 3.8) is 0 Å². The number of hydrogen-bond donors (Lipinski definition) is 0. The van der Waals surface area contributed by atoms with Crippen molar-refractivity contribution in [2.75, 3.05) is 25.7 Å². The number of nitro groups is 1. The van der Waals surface area contributed by atoms with Crippen molar-refractivity contribution in [2.45, 2.75) is 33.2 Å². The first kappa shape index (κ1) is 22.7. The van der Waals surface area contributed by atoms with Crippen LogP contribution >= 0.6 is 0 Å². The van der Waals surface area contributed by atoms with Crippen LogP contribution in [0.1, 0.15) is 38.8 Å². The first-order chi connectivity index (χ1) is 15.2. The van der Waals surface area contributed by atoms with Gasteiger partial charge in [-0.05, 0) is 39.3 Å². The maximum absolute atomic E-state index is 11.0. The highest BCUT2D eigenvalue weighted by atomic mass is 16.6. The third-order valence-electron chi connectivity index (χ3n) is 5.46. The highest BCUT2D eigenvalue weighted by Crippen LogP contribution is 2.52. The Morgan fingerprint density at radius 1 is 1.22 bits per heavy atom. The van der Waals surface area contributed by atoms with Gasteiger partial charge in [0.25, 0.3) is 5.69 Å². The van der Waals surface area contributed by atoms with E-state index in [0.29, 0.717) is 17.2 Å². The van der Waals surface area contributed by atoms with E-state index in [2.05, 4.69) is 42.0 Å². The maximum Gasteiger partial charge on any atom is 0.270 e. The van der Waals surface area contributed by atoms with Gasteiger partial charge in [0.15, 0.2) is 17.2 Å². The van der Waals surface area contributed by atoms with Crippen molar-refractivity contribution < 1.29 is 14.4 Å². The molecule has 0 fully saturated rings. The summed E-state index contributed by atoms with van der Waals surface area (Å²) >= 11 is 0. The van der Waals surface area contributed by atoms with Crippen molar-refractivity contribution in [3.05, 3.63) is 51.6 Å². The van der Waals surface area contributed by atoms with Gasteiger partial charge in [0.2, 0.25) is 0 Å². The van der Waals surface area contributed by atoms with Crippen molar-refractivity contribution >= 4 is 28.3 Å². The molecule has 1 heterocycles. The van der Waals surface area contributed by atoms with Crippen molar-refractivity contribution in [1.29, 1.82) is 5.26 Å². The summed E-state index contributed by atoms with van der Waals surface area (Å²) in [6, 6.07) is 7.68. The van der Waals surface area contributed by atoms with Gasteiger partial charge in [0.1, 0.15) is 11.8 Å². The molecule has 0 spiro atoms. The van der Waals surface area contributed by atoms with Crippen LogP contribution in [0.5, 0.6) is 11.5 Å². The number of non-ortho nitro benzene ring substituents is 1. The summed E-state index contributed by atoms with van der Waals surface area (Å²) in [5.74, 6) is 0.972. The van der Waals surface area contributed by atoms with Gasteiger partial charge >= 0.3 is 0 Å². The van der Waals surface area contributed by atoms with Crippen LogP contribution in [-0.2, 0) is 0 Å². The SMILES string of the molecule is CCN1c2cc(OC)c(N=Nc3ccc([N+](=O)[O-])cc3C#N)c(OC)c2C(C)=CC1(C)C. The van der Waals surface area contributed by atoms with Crippen LogP contribution in [0.2, 0.25) is 0 Å². The molecule has 0 aromatic heterocycles. The first-order valence-electron chi connectivity index (χ1n) is 10.0. The number of benzene rings is 2. The molecule has 1 aliphatic rings. The minimum atomic E-state index is -0.562. The second kappa shape index (κ2) is 8.67. The zero-order valence-electron chi connectivity index (χ0n) is 19.0. The average Bonchev–Trinajstić information content (AvgIpc) is 2.75. The fraction of sp³-hybridized carbons (Fsp3) is 0.348. The fourth-order valence-electron chi connectivity index (χ4n) is 4.14. The van der Waals surface area contributed by atoms with E-state index in [1.165, 1.54) is 18.2 Å². The van der Waals surface area contributed by atoms with Gasteiger partial charge in [-0.2, -0.15) is 5.26 Å². The van der Waals surface area contributed by atoms with Gasteiger partial charge in [0, 0.05) is 30.3 Å². The predicted molar refractivity (Wildman–Crippen MR) is 122 cm³/mol. The third kappa shape index (κ3) is 3.87. The Morgan fingerprint density at radius 3 is 2.50 bits per heavy atom. The lowest BCUT2D eigenvalue weighted by atomic mass is 9.87. The topological polar surface area (TPSA) is 113 Å². The molecule has 0 saturated carbocycles. The van der Waals surface area contributed by atoms with Crippen LogP contribution < -0.4 is 14.4 Å². The Labute approximate surface area is 186 Å². The molecule has 166 valence electrons. The van der Waals surface area contributed by atoms with E-state index >= 15 is 0 Å². The van der Waals surface area contributed by atoms with Gasteiger partial charge in [-0.1, -0.05) is 6.08 Å². The smallest absolute Gasteiger partial charge is 0.270 e. The molecule has 9 nitrogen and oxygen atoms in total. The standard InChI is InChI=1S/C23H25N5O4/c1-7-27-18-11-19(31-5)21(22(32-6)20(18)14(2)12-23(27,3)4)26-25-17-9-8-16(28(29)30)10-15(17)13-24/h8-12H,7H2,1-6H3. The molecule has 2 aromatic rings. The fourth-order valence-corrected chi connectivity index (χ4v) is 4.14. The molecule has 32 heavy (non-hydrogen) atoms. The Balaban J connectivity index is 2.20. The number of hydrogen-bond acceptors (Lipinski definition) is 8. The number of ether oxygens (including phenoxy) is 2. The summed E-state index contributed by atoms with van der Waals surface area (Å²) < 4.78 is 11.4. The summed E-state index contributed by atoms with van der Waals surface area (Å²) in [7, 11) is 3.10. The number of methoxy groups -OCH3 is 2. The molecule has 0 bridgehead atoms. The number of allylic oxidation sites excluding steroid dienone is 1. The molecular weight excluding hydrogens is 410 g/mol. The van der Waals surface area contributed by atoms with E-state index in [1.54, 1.807) is 14.2 Å². The summed E-state index contributed by atoms with van der Waals surface area (Å²) in [5, 5.41) is 28.9. The van der Waals surface area contributed by atoms with Crippen molar-refractivity contribution in [2.24, 2.45) is 10.2 Å². The number of anilines is 1. The van der Waals surface area contributed by atoms with E-state index < -0.39 is 4.92 Å². The number of nitrogens with zero attached hydrogens (tertiary/aromatic N) is 5. The Kier molecular flexibility index (Phi) is 6.16. The minimum absolute atomic E-state index is 0.0498. The van der Waals surface area contributed by atoms with Crippen LogP contribution in [0.3, 0.4) is 0 Å². The second-order valence-corrected chi connectivity index (χ2v) is 7.85. The number of nitro benzene ring substituents is 1. The highest BCUT2D eigenvalue weighted by Gasteiger charge is 2.34. The Bertz CT molecular complexity index is 1180. The molecule has 0 atom stereocenters. The van der Waals surface area contributed by atoms with Crippen LogP contribution in [0.15, 0.2) is 40.6 Å². The van der Waals surface area contributed by atoms with E-state index in [9.17, 15) is 15.4 Å². The molecule has 2 aromatic carbocycles. The molecule has 0 N–H and O–H groups in total. The Hall–Kier alpha value is -3.93. The lowest BCUT2D eigenvalue weighted by molar-refractivity contribution is -0.384.